The lowest BCUT2D eigenvalue weighted by Gasteiger charge is -2.02. The molecule has 0 spiro atoms. The van der Waals surface area contributed by atoms with Crippen LogP contribution in [0.15, 0.2) is 29.6 Å². The van der Waals surface area contributed by atoms with Gasteiger partial charge >= 0.3 is 0 Å². The molecule has 0 fully saturated rings. The fourth-order valence-corrected chi connectivity index (χ4v) is 2.90. The number of nitrogens with one attached hydrogen (secondary N) is 1. The lowest BCUT2D eigenvalue weighted by Crippen LogP contribution is -2.24. The second kappa shape index (κ2) is 7.20. The van der Waals surface area contributed by atoms with Crippen LogP contribution in [0.5, 0.6) is 0 Å². The number of aromatic nitrogens is 1. The molecule has 0 radical (unpaired) electrons. The summed E-state index contributed by atoms with van der Waals surface area (Å²) in [6, 6.07) is 8.24. The van der Waals surface area contributed by atoms with Gasteiger partial charge in [0.15, 0.2) is 0 Å². The second-order valence-electron chi connectivity index (χ2n) is 4.81. The molecular weight excluding hydrogens is 268 g/mol. The molecule has 0 saturated heterocycles. The minimum atomic E-state index is 0.109. The van der Waals surface area contributed by atoms with Crippen molar-refractivity contribution in [1.82, 2.24) is 10.3 Å². The number of nitrogens with zero attached hydrogens (tertiary/aromatic N) is 1. The fraction of sp³-hybridized carbons (Fsp3) is 0.375. The summed E-state index contributed by atoms with van der Waals surface area (Å²) in [5.41, 5.74) is 3.41. The maximum atomic E-state index is 11.6. The van der Waals surface area contributed by atoms with Crippen molar-refractivity contribution in [2.24, 2.45) is 0 Å². The Kier molecular flexibility index (Phi) is 5.30. The molecule has 2 rings (SSSR count). The summed E-state index contributed by atoms with van der Waals surface area (Å²) in [6.07, 6.45) is 2.19. The number of thiazole rings is 1. The Hall–Kier alpha value is -1.68. The third kappa shape index (κ3) is 3.90. The van der Waals surface area contributed by atoms with E-state index in [-0.39, 0.29) is 5.91 Å². The highest BCUT2D eigenvalue weighted by atomic mass is 32.1. The predicted molar refractivity (Wildman–Crippen MR) is 83.9 cm³/mol. The summed E-state index contributed by atoms with van der Waals surface area (Å²) in [6.45, 7) is 4.90. The van der Waals surface area contributed by atoms with Crippen LogP contribution in [0, 0.1) is 6.92 Å². The van der Waals surface area contributed by atoms with Gasteiger partial charge in [0.2, 0.25) is 5.91 Å². The van der Waals surface area contributed by atoms with E-state index in [1.165, 1.54) is 11.1 Å². The molecule has 0 bridgehead atoms. The highest BCUT2D eigenvalue weighted by molar-refractivity contribution is 7.13. The SMILES string of the molecule is CCCNC(=O)CCc1csc(-c2ccccc2C)n1. The summed E-state index contributed by atoms with van der Waals surface area (Å²) >= 11 is 1.64. The van der Waals surface area contributed by atoms with E-state index in [1.54, 1.807) is 11.3 Å². The maximum absolute atomic E-state index is 11.6. The van der Waals surface area contributed by atoms with Crippen molar-refractivity contribution in [1.29, 1.82) is 0 Å². The molecule has 0 aliphatic rings. The molecule has 1 aromatic heterocycles. The van der Waals surface area contributed by atoms with E-state index in [0.717, 1.165) is 23.7 Å². The van der Waals surface area contributed by atoms with Gasteiger partial charge in [-0.15, -0.1) is 11.3 Å². The first-order chi connectivity index (χ1) is 9.70. The third-order valence-corrected chi connectivity index (χ3v) is 4.03. The van der Waals surface area contributed by atoms with E-state index in [4.69, 9.17) is 0 Å². The lowest BCUT2D eigenvalue weighted by molar-refractivity contribution is -0.121. The summed E-state index contributed by atoms with van der Waals surface area (Å²) in [7, 11) is 0. The van der Waals surface area contributed by atoms with E-state index in [1.807, 2.05) is 12.1 Å². The quantitative estimate of drug-likeness (QED) is 0.883. The molecule has 0 atom stereocenters. The standard InChI is InChI=1S/C16H20N2OS/c1-3-10-17-15(19)9-8-13-11-20-16(18-13)14-7-5-4-6-12(14)2/h4-7,11H,3,8-10H2,1-2H3,(H,17,19). The molecule has 1 N–H and O–H groups in total. The molecule has 4 heteroatoms. The van der Waals surface area contributed by atoms with Gasteiger partial charge in [-0.2, -0.15) is 0 Å². The molecule has 1 heterocycles. The summed E-state index contributed by atoms with van der Waals surface area (Å²) < 4.78 is 0. The van der Waals surface area contributed by atoms with Crippen molar-refractivity contribution in [3.05, 3.63) is 40.9 Å². The number of carbonyl (C=O) groups is 1. The van der Waals surface area contributed by atoms with Gasteiger partial charge < -0.3 is 5.32 Å². The van der Waals surface area contributed by atoms with Crippen molar-refractivity contribution in [3.8, 4) is 10.6 Å². The molecule has 2 aromatic rings. The third-order valence-electron chi connectivity index (χ3n) is 3.11. The Bertz CT molecular complexity index is 577. The molecule has 0 unspecified atom stereocenters. The predicted octanol–water partition coefficient (Wildman–Crippen LogP) is 3.58. The first kappa shape index (κ1) is 14.7. The van der Waals surface area contributed by atoms with Gasteiger partial charge in [-0.25, -0.2) is 4.98 Å². The van der Waals surface area contributed by atoms with Crippen LogP contribution >= 0.6 is 11.3 Å². The summed E-state index contributed by atoms with van der Waals surface area (Å²) in [5.74, 6) is 0.109. The van der Waals surface area contributed by atoms with Crippen molar-refractivity contribution in [2.75, 3.05) is 6.54 Å². The van der Waals surface area contributed by atoms with E-state index in [9.17, 15) is 4.79 Å². The molecule has 20 heavy (non-hydrogen) atoms. The molecule has 106 valence electrons. The highest BCUT2D eigenvalue weighted by Gasteiger charge is 2.08. The number of amides is 1. The van der Waals surface area contributed by atoms with Crippen LogP contribution in [-0.2, 0) is 11.2 Å². The van der Waals surface area contributed by atoms with Crippen molar-refractivity contribution in [2.45, 2.75) is 33.1 Å². The fourth-order valence-electron chi connectivity index (χ4n) is 1.95. The van der Waals surface area contributed by atoms with Crippen LogP contribution in [0.25, 0.3) is 10.6 Å². The Morgan fingerprint density at radius 3 is 2.90 bits per heavy atom. The molecule has 1 aromatic carbocycles. The van der Waals surface area contributed by atoms with Crippen molar-refractivity contribution in [3.63, 3.8) is 0 Å². The van der Waals surface area contributed by atoms with Crippen LogP contribution in [0.4, 0.5) is 0 Å². The second-order valence-corrected chi connectivity index (χ2v) is 5.67. The molecular formula is C16H20N2OS. The number of rotatable bonds is 6. The van der Waals surface area contributed by atoms with Gasteiger partial charge in [0.25, 0.3) is 0 Å². The van der Waals surface area contributed by atoms with E-state index < -0.39 is 0 Å². The first-order valence-electron chi connectivity index (χ1n) is 6.97. The van der Waals surface area contributed by atoms with Crippen LogP contribution in [0.2, 0.25) is 0 Å². The van der Waals surface area contributed by atoms with Crippen molar-refractivity contribution < 1.29 is 4.79 Å². The van der Waals surface area contributed by atoms with Gasteiger partial charge in [-0.05, 0) is 25.3 Å². The van der Waals surface area contributed by atoms with Gasteiger partial charge in [0, 0.05) is 23.9 Å². The summed E-state index contributed by atoms with van der Waals surface area (Å²) in [5, 5.41) is 5.97. The zero-order valence-corrected chi connectivity index (χ0v) is 12.8. The lowest BCUT2D eigenvalue weighted by atomic mass is 10.1. The Labute approximate surface area is 124 Å². The summed E-state index contributed by atoms with van der Waals surface area (Å²) in [4.78, 5) is 16.2. The first-order valence-corrected chi connectivity index (χ1v) is 7.85. The molecule has 0 aliphatic carbocycles. The van der Waals surface area contributed by atoms with E-state index >= 15 is 0 Å². The molecule has 3 nitrogen and oxygen atoms in total. The van der Waals surface area contributed by atoms with Crippen LogP contribution in [0.3, 0.4) is 0 Å². The normalized spacial score (nSPS) is 10.5. The minimum Gasteiger partial charge on any atom is -0.356 e. The zero-order chi connectivity index (χ0) is 14.4. The van der Waals surface area contributed by atoms with Gasteiger partial charge in [-0.1, -0.05) is 31.2 Å². The molecule has 0 saturated carbocycles. The van der Waals surface area contributed by atoms with Gasteiger partial charge in [0.05, 0.1) is 5.69 Å². The van der Waals surface area contributed by atoms with Crippen molar-refractivity contribution >= 4 is 17.2 Å². The average molecular weight is 288 g/mol. The van der Waals surface area contributed by atoms with Crippen LogP contribution in [0.1, 0.15) is 31.0 Å². The molecule has 0 aliphatic heterocycles. The maximum Gasteiger partial charge on any atom is 0.220 e. The zero-order valence-electron chi connectivity index (χ0n) is 12.0. The van der Waals surface area contributed by atoms with Crippen LogP contribution in [-0.4, -0.2) is 17.4 Å². The van der Waals surface area contributed by atoms with Crippen LogP contribution < -0.4 is 5.32 Å². The Balaban J connectivity index is 1.96. The van der Waals surface area contributed by atoms with Gasteiger partial charge in [0.1, 0.15) is 5.01 Å². The number of aryl methyl sites for hydroxylation is 2. The van der Waals surface area contributed by atoms with E-state index in [2.05, 4.69) is 41.7 Å². The van der Waals surface area contributed by atoms with E-state index in [0.29, 0.717) is 12.8 Å². The number of hydrogen-bond acceptors (Lipinski definition) is 3. The Morgan fingerprint density at radius 1 is 1.35 bits per heavy atom. The smallest absolute Gasteiger partial charge is 0.220 e. The number of benzene rings is 1. The largest absolute Gasteiger partial charge is 0.356 e. The highest BCUT2D eigenvalue weighted by Crippen LogP contribution is 2.26. The van der Waals surface area contributed by atoms with Gasteiger partial charge in [-0.3, -0.25) is 4.79 Å². The Morgan fingerprint density at radius 2 is 2.15 bits per heavy atom. The molecule has 1 amide bonds. The monoisotopic (exact) mass is 288 g/mol. The minimum absolute atomic E-state index is 0.109. The number of hydrogen-bond donors (Lipinski definition) is 1. The number of carbonyl (C=O) groups excluding carboxylic acids is 1. The average Bonchev–Trinajstić information content (AvgIpc) is 2.92. The topological polar surface area (TPSA) is 42.0 Å².